The minimum Gasteiger partial charge on any atom is -0.545 e. The number of carboxylic acid groups (broad SMARTS) is 1. The summed E-state index contributed by atoms with van der Waals surface area (Å²) in [6.45, 7) is 4.68. The number of likely N-dealkylation sites (N-methyl/N-ethyl adjacent to an activating group) is 1. The number of hydrogen-bond donors (Lipinski definition) is 0. The van der Waals surface area contributed by atoms with Crippen molar-refractivity contribution in [3.63, 3.8) is 0 Å². The standard InChI is InChI=1S/C78H139NO8/c1-6-8-10-12-14-16-18-20-22-24-26-28-30-32-34-36-37-38-39-41-43-45-47-49-51-53-55-57-59-61-63-65-67-69-76(81)87-74(73-86-78(77(82)83)84-71-70-79(3,4)5)72-85-75(80)68-66-64-62-60-58-56-54-52-50-48-46-44-42-40-35-33-31-29-27-25-23-21-19-17-15-13-11-9-7-2/h8,10,14,16,20,22,25-28,32,34,37-38,74,78H,6-7,9,11-13,15,17-19,21,23-24,29-31,33,35-36,39-73H2,1-5H3/b10-8-,16-14-,22-20-,27-25-,28-26-,34-32-,38-37-. The number of hydrogen-bond acceptors (Lipinski definition) is 8. The number of rotatable bonds is 68. The van der Waals surface area contributed by atoms with Crippen molar-refractivity contribution < 1.29 is 42.9 Å². The highest BCUT2D eigenvalue weighted by atomic mass is 16.7. The van der Waals surface area contributed by atoms with E-state index in [2.05, 4.69) is 98.9 Å². The maximum atomic E-state index is 12.9. The van der Waals surface area contributed by atoms with E-state index in [0.29, 0.717) is 23.9 Å². The maximum Gasteiger partial charge on any atom is 0.306 e. The second-order valence-corrected chi connectivity index (χ2v) is 25.9. The van der Waals surface area contributed by atoms with Gasteiger partial charge >= 0.3 is 11.9 Å². The lowest BCUT2D eigenvalue weighted by Gasteiger charge is -2.26. The number of aliphatic carboxylic acids is 1. The van der Waals surface area contributed by atoms with E-state index in [1.807, 2.05) is 21.1 Å². The zero-order chi connectivity index (χ0) is 63.3. The van der Waals surface area contributed by atoms with Gasteiger partial charge in [0.05, 0.1) is 40.3 Å². The van der Waals surface area contributed by atoms with E-state index < -0.39 is 24.3 Å². The van der Waals surface area contributed by atoms with Crippen molar-refractivity contribution in [1.82, 2.24) is 0 Å². The molecule has 0 aromatic carbocycles. The SMILES string of the molecule is CC/C=C\C/C=C\C/C=C\C/C=C\C/C=C\C/C=C\CCCCCCCCCCCCCCCCC(=O)OC(COC(=O)CCCCCCCCCCCCCCCCCCC/C=C\CCCCCCCCCC)COC(OCC[N+](C)(C)C)C(=O)[O-]. The average Bonchev–Trinajstić information content (AvgIpc) is 3.59. The van der Waals surface area contributed by atoms with Gasteiger partial charge in [0.1, 0.15) is 13.2 Å². The third-order valence-electron chi connectivity index (χ3n) is 16.1. The Morgan fingerprint density at radius 1 is 0.356 bits per heavy atom. The van der Waals surface area contributed by atoms with Crippen LogP contribution in [0.5, 0.6) is 0 Å². The van der Waals surface area contributed by atoms with Gasteiger partial charge < -0.3 is 33.3 Å². The van der Waals surface area contributed by atoms with Crippen LogP contribution in [0.4, 0.5) is 0 Å². The second kappa shape index (κ2) is 68.4. The molecule has 0 heterocycles. The first-order valence-corrected chi connectivity index (χ1v) is 36.7. The molecule has 0 aliphatic carbocycles. The summed E-state index contributed by atoms with van der Waals surface area (Å²) < 4.78 is 22.8. The van der Waals surface area contributed by atoms with Gasteiger partial charge in [-0.3, -0.25) is 9.59 Å². The maximum absolute atomic E-state index is 12.9. The van der Waals surface area contributed by atoms with Gasteiger partial charge in [0.15, 0.2) is 12.4 Å². The zero-order valence-electron chi connectivity index (χ0n) is 57.6. The smallest absolute Gasteiger partial charge is 0.306 e. The lowest BCUT2D eigenvalue weighted by atomic mass is 10.0. The Bertz CT molecular complexity index is 1700. The summed E-state index contributed by atoms with van der Waals surface area (Å²) in [5.74, 6) is -2.27. The molecular formula is C78H139NO8. The van der Waals surface area contributed by atoms with Crippen molar-refractivity contribution in [2.24, 2.45) is 0 Å². The summed E-state index contributed by atoms with van der Waals surface area (Å²) in [6.07, 6.45) is 89.6. The fraction of sp³-hybridized carbons (Fsp3) is 0.782. The van der Waals surface area contributed by atoms with Gasteiger partial charge in [-0.15, -0.1) is 0 Å². The molecule has 504 valence electrons. The number of quaternary nitrogens is 1. The summed E-state index contributed by atoms with van der Waals surface area (Å²) >= 11 is 0. The monoisotopic (exact) mass is 1220 g/mol. The highest BCUT2D eigenvalue weighted by Crippen LogP contribution is 2.18. The van der Waals surface area contributed by atoms with Crippen LogP contribution < -0.4 is 5.11 Å². The zero-order valence-corrected chi connectivity index (χ0v) is 57.6. The fourth-order valence-electron chi connectivity index (χ4n) is 10.5. The minimum atomic E-state index is -1.62. The molecule has 0 aromatic rings. The second-order valence-electron chi connectivity index (χ2n) is 25.9. The van der Waals surface area contributed by atoms with Gasteiger partial charge in [0.25, 0.3) is 0 Å². The molecule has 9 heteroatoms. The summed E-state index contributed by atoms with van der Waals surface area (Å²) in [4.78, 5) is 37.5. The average molecular weight is 1220 g/mol. The molecule has 0 fully saturated rings. The molecule has 0 aromatic heterocycles. The van der Waals surface area contributed by atoms with E-state index in [0.717, 1.165) is 77.0 Å². The van der Waals surface area contributed by atoms with Crippen LogP contribution in [-0.4, -0.2) is 82.3 Å². The number of carboxylic acids is 1. The molecule has 0 aliphatic rings. The first-order valence-electron chi connectivity index (χ1n) is 36.7. The first kappa shape index (κ1) is 83.5. The van der Waals surface area contributed by atoms with Crippen LogP contribution >= 0.6 is 0 Å². The Balaban J connectivity index is 4.08. The Kier molecular flexibility index (Phi) is 65.6. The van der Waals surface area contributed by atoms with Crippen molar-refractivity contribution in [2.45, 2.75) is 347 Å². The summed E-state index contributed by atoms with van der Waals surface area (Å²) in [5, 5.41) is 11.8. The van der Waals surface area contributed by atoms with Crippen molar-refractivity contribution in [3.05, 3.63) is 85.1 Å². The molecule has 0 aliphatic heterocycles. The normalized spacial score (nSPS) is 13.2. The van der Waals surface area contributed by atoms with Gasteiger partial charge in [0, 0.05) is 12.8 Å². The van der Waals surface area contributed by atoms with E-state index in [4.69, 9.17) is 18.9 Å². The molecule has 0 N–H and O–H groups in total. The molecule has 9 nitrogen and oxygen atoms in total. The van der Waals surface area contributed by atoms with E-state index in [1.165, 1.54) is 225 Å². The van der Waals surface area contributed by atoms with Crippen LogP contribution in [0.1, 0.15) is 335 Å². The molecule has 0 saturated heterocycles. The quantitative estimate of drug-likeness (QED) is 0.0195. The molecule has 2 atom stereocenters. The van der Waals surface area contributed by atoms with E-state index >= 15 is 0 Å². The number of allylic oxidation sites excluding steroid dienone is 14. The number of ether oxygens (including phenoxy) is 4. The number of esters is 2. The van der Waals surface area contributed by atoms with E-state index in [1.54, 1.807) is 0 Å². The summed E-state index contributed by atoms with van der Waals surface area (Å²) in [5.41, 5.74) is 0. The van der Waals surface area contributed by atoms with E-state index in [-0.39, 0.29) is 32.2 Å². The highest BCUT2D eigenvalue weighted by molar-refractivity contribution is 5.70. The third-order valence-corrected chi connectivity index (χ3v) is 16.1. The largest absolute Gasteiger partial charge is 0.545 e. The number of unbranched alkanes of at least 4 members (excludes halogenated alkanes) is 39. The summed E-state index contributed by atoms with van der Waals surface area (Å²) in [6, 6.07) is 0. The van der Waals surface area contributed by atoms with Crippen LogP contribution in [0.2, 0.25) is 0 Å². The molecule has 0 rings (SSSR count). The Morgan fingerprint density at radius 3 is 0.989 bits per heavy atom. The Labute approximate surface area is 538 Å². The molecule has 2 unspecified atom stereocenters. The van der Waals surface area contributed by atoms with E-state index in [9.17, 15) is 19.5 Å². The lowest BCUT2D eigenvalue weighted by molar-refractivity contribution is -0.870. The Hall–Kier alpha value is -3.53. The van der Waals surface area contributed by atoms with Crippen LogP contribution in [0.15, 0.2) is 85.1 Å². The highest BCUT2D eigenvalue weighted by Gasteiger charge is 2.22. The van der Waals surface area contributed by atoms with Crippen molar-refractivity contribution >= 4 is 17.9 Å². The predicted octanol–water partition coefficient (Wildman–Crippen LogP) is 21.7. The minimum absolute atomic E-state index is 0.147. The topological polar surface area (TPSA) is 111 Å². The number of carbonyl (C=O) groups is 3. The molecule has 0 saturated carbocycles. The van der Waals surface area contributed by atoms with Gasteiger partial charge in [-0.1, -0.05) is 317 Å². The molecule has 0 bridgehead atoms. The number of nitrogens with zero attached hydrogens (tertiary/aromatic N) is 1. The fourth-order valence-corrected chi connectivity index (χ4v) is 10.5. The van der Waals surface area contributed by atoms with Crippen LogP contribution in [-0.2, 0) is 33.3 Å². The van der Waals surface area contributed by atoms with Gasteiger partial charge in [-0.2, -0.15) is 0 Å². The predicted molar refractivity (Wildman–Crippen MR) is 371 cm³/mol. The molecule has 0 spiro atoms. The molecular weight excluding hydrogens is 1080 g/mol. The molecule has 0 amide bonds. The van der Waals surface area contributed by atoms with Crippen LogP contribution in [0, 0.1) is 0 Å². The van der Waals surface area contributed by atoms with Gasteiger partial charge in [-0.05, 0) is 89.9 Å². The van der Waals surface area contributed by atoms with Gasteiger partial charge in [0.2, 0.25) is 0 Å². The lowest BCUT2D eigenvalue weighted by Crippen LogP contribution is -2.44. The van der Waals surface area contributed by atoms with Crippen molar-refractivity contribution in [3.8, 4) is 0 Å². The van der Waals surface area contributed by atoms with Crippen LogP contribution in [0.3, 0.4) is 0 Å². The van der Waals surface area contributed by atoms with Crippen LogP contribution in [0.25, 0.3) is 0 Å². The van der Waals surface area contributed by atoms with Crippen molar-refractivity contribution in [1.29, 1.82) is 0 Å². The molecule has 87 heavy (non-hydrogen) atoms. The van der Waals surface area contributed by atoms with Crippen molar-refractivity contribution in [2.75, 3.05) is 47.5 Å². The first-order chi connectivity index (χ1) is 42.6. The third kappa shape index (κ3) is 69.8. The number of carbonyl (C=O) groups excluding carboxylic acids is 3. The summed E-state index contributed by atoms with van der Waals surface area (Å²) in [7, 11) is 5.94. The van der Waals surface area contributed by atoms with Gasteiger partial charge in [-0.25, -0.2) is 0 Å². The Morgan fingerprint density at radius 2 is 0.655 bits per heavy atom. The molecule has 0 radical (unpaired) electrons.